The van der Waals surface area contributed by atoms with Crippen molar-refractivity contribution in [1.29, 1.82) is 0 Å². The monoisotopic (exact) mass is 212 g/mol. The van der Waals surface area contributed by atoms with Gasteiger partial charge in [-0.15, -0.1) is 0 Å². The van der Waals surface area contributed by atoms with Crippen LogP contribution in [0.5, 0.6) is 0 Å². The Bertz CT molecular complexity index is 119. The third kappa shape index (κ3) is 7.89. The van der Waals surface area contributed by atoms with E-state index in [2.05, 4.69) is 41.5 Å². The molecular formula is C13H29Al. The Morgan fingerprint density at radius 1 is 0.786 bits per heavy atom. The highest BCUT2D eigenvalue weighted by atomic mass is 27.2. The maximum Gasteiger partial charge on any atom is 0.262 e. The molecule has 0 saturated carbocycles. The number of hydrogen-bond donors (Lipinski definition) is 0. The van der Waals surface area contributed by atoms with Crippen molar-refractivity contribution in [2.45, 2.75) is 63.8 Å². The Hall–Kier alpha value is 0.532. The van der Waals surface area contributed by atoms with Crippen molar-refractivity contribution in [3.05, 3.63) is 0 Å². The zero-order valence-corrected chi connectivity index (χ0v) is 12.3. The van der Waals surface area contributed by atoms with Crippen LogP contribution < -0.4 is 0 Å². The summed E-state index contributed by atoms with van der Waals surface area (Å²) >= 11 is -0.425. The summed E-state index contributed by atoms with van der Waals surface area (Å²) in [5, 5.41) is 4.69. The molecule has 1 heteroatoms. The lowest BCUT2D eigenvalue weighted by molar-refractivity contribution is 0.602. The first kappa shape index (κ1) is 14.5. The van der Waals surface area contributed by atoms with Gasteiger partial charge in [-0.3, -0.25) is 0 Å². The minimum Gasteiger partial charge on any atom is -0.0915 e. The molecule has 0 heterocycles. The van der Waals surface area contributed by atoms with Crippen molar-refractivity contribution in [2.24, 2.45) is 17.8 Å². The average molecular weight is 212 g/mol. The fourth-order valence-electron chi connectivity index (χ4n) is 2.36. The smallest absolute Gasteiger partial charge is 0.0915 e. The first-order valence-corrected chi connectivity index (χ1v) is 8.90. The van der Waals surface area contributed by atoms with Crippen LogP contribution in [-0.4, -0.2) is 14.1 Å². The van der Waals surface area contributed by atoms with Crippen LogP contribution in [0.3, 0.4) is 0 Å². The molecule has 0 nitrogen and oxygen atoms in total. The molecule has 0 saturated heterocycles. The second-order valence-corrected chi connectivity index (χ2v) is 9.02. The second-order valence-electron chi connectivity index (χ2n) is 5.87. The lowest BCUT2D eigenvalue weighted by Crippen LogP contribution is -2.20. The van der Waals surface area contributed by atoms with Gasteiger partial charge in [-0.2, -0.15) is 0 Å². The molecule has 0 spiro atoms. The summed E-state index contributed by atoms with van der Waals surface area (Å²) in [5.41, 5.74) is 0. The molecule has 0 fully saturated rings. The van der Waals surface area contributed by atoms with E-state index in [9.17, 15) is 0 Å². The highest BCUT2D eigenvalue weighted by Crippen LogP contribution is 2.22. The van der Waals surface area contributed by atoms with Gasteiger partial charge in [-0.05, 0) is 0 Å². The van der Waals surface area contributed by atoms with Gasteiger partial charge in [0.25, 0.3) is 14.1 Å². The van der Waals surface area contributed by atoms with E-state index in [1.54, 1.807) is 15.8 Å². The Kier molecular flexibility index (Phi) is 8.07. The molecule has 0 aliphatic rings. The van der Waals surface area contributed by atoms with Crippen LogP contribution in [0.15, 0.2) is 0 Å². The van der Waals surface area contributed by atoms with E-state index in [4.69, 9.17) is 0 Å². The molecular weight excluding hydrogens is 183 g/mol. The van der Waals surface area contributed by atoms with Gasteiger partial charge in [-0.25, -0.2) is 0 Å². The molecule has 0 aliphatic heterocycles. The van der Waals surface area contributed by atoms with Gasteiger partial charge in [0.05, 0.1) is 0 Å². The van der Waals surface area contributed by atoms with Crippen molar-refractivity contribution in [2.75, 3.05) is 0 Å². The van der Waals surface area contributed by atoms with E-state index in [1.807, 2.05) is 0 Å². The predicted octanol–water partition coefficient (Wildman–Crippen LogP) is 4.84. The molecule has 0 aromatic heterocycles. The third-order valence-corrected chi connectivity index (χ3v) is 7.73. The largest absolute Gasteiger partial charge is 0.262 e. The van der Waals surface area contributed by atoms with Crippen LogP contribution in [0.25, 0.3) is 0 Å². The zero-order valence-electron chi connectivity index (χ0n) is 11.1. The normalized spacial score (nSPS) is 13.7. The van der Waals surface area contributed by atoms with Crippen LogP contribution in [0.1, 0.15) is 48.0 Å². The van der Waals surface area contributed by atoms with Crippen LogP contribution in [0.4, 0.5) is 0 Å². The molecule has 0 amide bonds. The zero-order chi connectivity index (χ0) is 11.1. The van der Waals surface area contributed by atoms with Crippen LogP contribution in [-0.2, 0) is 0 Å². The molecule has 0 radical (unpaired) electrons. The standard InChI is InChI=1S/C5H11.2C4H9.Al/c1-4-5(2)3;2*1-4(2)3;/h5H,2,4H2,1,3H3;2*4H,1H2,2-3H3;. The van der Waals surface area contributed by atoms with E-state index in [-0.39, 0.29) is 0 Å². The Morgan fingerprint density at radius 3 is 1.50 bits per heavy atom. The summed E-state index contributed by atoms with van der Waals surface area (Å²) in [7, 11) is 0. The fraction of sp³-hybridized carbons (Fsp3) is 1.00. The minimum absolute atomic E-state index is 0.425. The SMILES string of the molecule is CCC(C)[CH2][Al]([CH2]C(C)C)[CH2]C(C)C. The first-order valence-electron chi connectivity index (χ1n) is 6.45. The summed E-state index contributed by atoms with van der Waals surface area (Å²) in [4.78, 5) is 0. The van der Waals surface area contributed by atoms with Crippen LogP contribution >= 0.6 is 0 Å². The molecule has 0 aromatic carbocycles. The first-order chi connectivity index (χ1) is 6.45. The Labute approximate surface area is 95.9 Å². The van der Waals surface area contributed by atoms with E-state index in [0.29, 0.717) is 0 Å². The summed E-state index contributed by atoms with van der Waals surface area (Å²) < 4.78 is 0. The van der Waals surface area contributed by atoms with Gasteiger partial charge in [0.1, 0.15) is 0 Å². The Balaban J connectivity index is 3.96. The van der Waals surface area contributed by atoms with Crippen molar-refractivity contribution in [3.8, 4) is 0 Å². The van der Waals surface area contributed by atoms with E-state index >= 15 is 0 Å². The number of rotatable bonds is 7. The Morgan fingerprint density at radius 2 is 1.21 bits per heavy atom. The fourth-order valence-corrected chi connectivity index (χ4v) is 7.07. The molecule has 1 atom stereocenters. The molecule has 0 N–H and O–H groups in total. The van der Waals surface area contributed by atoms with Gasteiger partial charge in [-0.1, -0.05) is 81.6 Å². The molecule has 1 unspecified atom stereocenters. The van der Waals surface area contributed by atoms with Crippen molar-refractivity contribution < 1.29 is 0 Å². The molecule has 84 valence electrons. The summed E-state index contributed by atoms with van der Waals surface area (Å²) in [6, 6.07) is 0. The van der Waals surface area contributed by atoms with Crippen molar-refractivity contribution >= 4 is 14.1 Å². The number of hydrogen-bond acceptors (Lipinski definition) is 0. The highest BCUT2D eigenvalue weighted by Gasteiger charge is 2.21. The van der Waals surface area contributed by atoms with Crippen LogP contribution in [0.2, 0.25) is 15.8 Å². The molecule has 0 aromatic rings. The molecule has 0 rings (SSSR count). The van der Waals surface area contributed by atoms with E-state index in [0.717, 1.165) is 17.8 Å². The maximum atomic E-state index is 2.43. The van der Waals surface area contributed by atoms with Gasteiger partial charge in [0.2, 0.25) is 0 Å². The predicted molar refractivity (Wildman–Crippen MR) is 69.3 cm³/mol. The van der Waals surface area contributed by atoms with Gasteiger partial charge in [0, 0.05) is 0 Å². The highest BCUT2D eigenvalue weighted by molar-refractivity contribution is 6.58. The van der Waals surface area contributed by atoms with E-state index < -0.39 is 14.1 Å². The van der Waals surface area contributed by atoms with E-state index in [1.165, 1.54) is 6.42 Å². The lowest BCUT2D eigenvalue weighted by Gasteiger charge is -2.19. The van der Waals surface area contributed by atoms with Gasteiger partial charge in [0.15, 0.2) is 0 Å². The molecule has 0 bridgehead atoms. The minimum atomic E-state index is -0.425. The quantitative estimate of drug-likeness (QED) is 0.530. The van der Waals surface area contributed by atoms with Gasteiger partial charge >= 0.3 is 0 Å². The van der Waals surface area contributed by atoms with Crippen LogP contribution in [0, 0.1) is 17.8 Å². The topological polar surface area (TPSA) is 0 Å². The maximum absolute atomic E-state index is 2.43. The second kappa shape index (κ2) is 7.78. The van der Waals surface area contributed by atoms with Crippen molar-refractivity contribution in [3.63, 3.8) is 0 Å². The lowest BCUT2D eigenvalue weighted by atomic mass is 10.2. The average Bonchev–Trinajstić information content (AvgIpc) is 2.01. The molecule has 0 aliphatic carbocycles. The molecule has 14 heavy (non-hydrogen) atoms. The van der Waals surface area contributed by atoms with Gasteiger partial charge < -0.3 is 0 Å². The summed E-state index contributed by atoms with van der Waals surface area (Å²) in [6.07, 6.45) is 1.37. The third-order valence-electron chi connectivity index (χ3n) is 3.04. The summed E-state index contributed by atoms with van der Waals surface area (Å²) in [5.74, 6) is 2.83. The summed E-state index contributed by atoms with van der Waals surface area (Å²) in [6.45, 7) is 14.3. The van der Waals surface area contributed by atoms with Crippen molar-refractivity contribution in [1.82, 2.24) is 0 Å².